The van der Waals surface area contributed by atoms with E-state index < -0.39 is 0 Å². The SMILES string of the molecule is COC(=O)[C@H](C)CN(Cc1ccccc1)C(=O)[C@@H]1C[C@H]1c1cccc(Br)c1. The fourth-order valence-corrected chi connectivity index (χ4v) is 3.87. The molecule has 1 aliphatic rings. The Bertz CT molecular complexity index is 808. The predicted molar refractivity (Wildman–Crippen MR) is 108 cm³/mol. The summed E-state index contributed by atoms with van der Waals surface area (Å²) in [6.07, 6.45) is 0.854. The Labute approximate surface area is 168 Å². The molecule has 0 spiro atoms. The second kappa shape index (κ2) is 8.70. The van der Waals surface area contributed by atoms with E-state index in [2.05, 4.69) is 28.1 Å². The summed E-state index contributed by atoms with van der Waals surface area (Å²) >= 11 is 3.50. The molecule has 3 atom stereocenters. The molecule has 0 heterocycles. The quantitative estimate of drug-likeness (QED) is 0.613. The third-order valence-corrected chi connectivity index (χ3v) is 5.50. The lowest BCUT2D eigenvalue weighted by atomic mass is 10.1. The molecule has 2 aromatic carbocycles. The van der Waals surface area contributed by atoms with Gasteiger partial charge in [-0.3, -0.25) is 9.59 Å². The van der Waals surface area contributed by atoms with Gasteiger partial charge in [0, 0.05) is 23.5 Å². The van der Waals surface area contributed by atoms with Crippen molar-refractivity contribution in [2.75, 3.05) is 13.7 Å². The standard InChI is InChI=1S/C22H24BrNO3/c1-15(22(26)27-2)13-24(14-16-7-4-3-5-8-16)21(25)20-12-19(20)17-9-6-10-18(23)11-17/h3-11,15,19-20H,12-14H2,1-2H3/t15-,19+,20-/m1/s1. The summed E-state index contributed by atoms with van der Waals surface area (Å²) in [5, 5.41) is 0. The van der Waals surface area contributed by atoms with E-state index in [0.717, 1.165) is 16.5 Å². The number of carbonyl (C=O) groups is 2. The third-order valence-electron chi connectivity index (χ3n) is 5.01. The number of carbonyl (C=O) groups excluding carboxylic acids is 2. The zero-order valence-electron chi connectivity index (χ0n) is 15.6. The van der Waals surface area contributed by atoms with Crippen LogP contribution in [-0.4, -0.2) is 30.4 Å². The molecule has 0 aromatic heterocycles. The maximum atomic E-state index is 13.2. The average molecular weight is 430 g/mol. The van der Waals surface area contributed by atoms with Gasteiger partial charge in [0.25, 0.3) is 0 Å². The van der Waals surface area contributed by atoms with Crippen LogP contribution in [0.4, 0.5) is 0 Å². The Balaban J connectivity index is 1.73. The molecule has 0 radical (unpaired) electrons. The molecule has 5 heteroatoms. The van der Waals surface area contributed by atoms with Crippen molar-refractivity contribution in [2.24, 2.45) is 11.8 Å². The molecule has 0 unspecified atom stereocenters. The molecule has 4 nitrogen and oxygen atoms in total. The maximum Gasteiger partial charge on any atom is 0.310 e. The molecule has 142 valence electrons. The average Bonchev–Trinajstić information content (AvgIpc) is 3.48. The largest absolute Gasteiger partial charge is 0.469 e. The van der Waals surface area contributed by atoms with E-state index in [4.69, 9.17) is 4.74 Å². The smallest absolute Gasteiger partial charge is 0.310 e. The second-order valence-electron chi connectivity index (χ2n) is 7.13. The number of rotatable bonds is 7. The molecule has 3 rings (SSSR count). The Hall–Kier alpha value is -2.14. The van der Waals surface area contributed by atoms with Gasteiger partial charge in [-0.2, -0.15) is 0 Å². The summed E-state index contributed by atoms with van der Waals surface area (Å²) in [5.41, 5.74) is 2.24. The number of hydrogen-bond acceptors (Lipinski definition) is 3. The highest BCUT2D eigenvalue weighted by atomic mass is 79.9. The first-order chi connectivity index (χ1) is 13.0. The topological polar surface area (TPSA) is 46.6 Å². The maximum absolute atomic E-state index is 13.2. The lowest BCUT2D eigenvalue weighted by Crippen LogP contribution is -2.38. The fourth-order valence-electron chi connectivity index (χ4n) is 3.45. The van der Waals surface area contributed by atoms with Crippen molar-refractivity contribution in [1.82, 2.24) is 4.90 Å². The molecule has 1 fully saturated rings. The molecule has 0 N–H and O–H groups in total. The highest BCUT2D eigenvalue weighted by molar-refractivity contribution is 9.10. The van der Waals surface area contributed by atoms with Crippen LogP contribution in [0.25, 0.3) is 0 Å². The first-order valence-corrected chi connectivity index (χ1v) is 9.95. The summed E-state index contributed by atoms with van der Waals surface area (Å²) in [4.78, 5) is 26.9. The van der Waals surface area contributed by atoms with Gasteiger partial charge in [0.2, 0.25) is 5.91 Å². The molecule has 1 aliphatic carbocycles. The monoisotopic (exact) mass is 429 g/mol. The normalized spacial score (nSPS) is 19.2. The Morgan fingerprint density at radius 2 is 1.93 bits per heavy atom. The number of hydrogen-bond donors (Lipinski definition) is 0. The number of benzene rings is 2. The van der Waals surface area contributed by atoms with Crippen molar-refractivity contribution < 1.29 is 14.3 Å². The van der Waals surface area contributed by atoms with Crippen LogP contribution in [0.15, 0.2) is 59.1 Å². The highest BCUT2D eigenvalue weighted by Crippen LogP contribution is 2.49. The molecule has 2 aromatic rings. The number of amides is 1. The second-order valence-corrected chi connectivity index (χ2v) is 8.05. The van der Waals surface area contributed by atoms with E-state index in [1.54, 1.807) is 11.8 Å². The highest BCUT2D eigenvalue weighted by Gasteiger charge is 2.46. The molecule has 27 heavy (non-hydrogen) atoms. The van der Waals surface area contributed by atoms with E-state index in [0.29, 0.717) is 13.1 Å². The molecule has 1 saturated carbocycles. The van der Waals surface area contributed by atoms with Crippen molar-refractivity contribution in [3.63, 3.8) is 0 Å². The molecule has 0 bridgehead atoms. The van der Waals surface area contributed by atoms with E-state index in [1.807, 2.05) is 42.5 Å². The minimum Gasteiger partial charge on any atom is -0.469 e. The summed E-state index contributed by atoms with van der Waals surface area (Å²) in [6, 6.07) is 18.0. The zero-order valence-corrected chi connectivity index (χ0v) is 17.2. The molecule has 0 saturated heterocycles. The van der Waals surface area contributed by atoms with Crippen molar-refractivity contribution in [3.05, 3.63) is 70.2 Å². The minimum absolute atomic E-state index is 0.0205. The van der Waals surface area contributed by atoms with Gasteiger partial charge in [-0.1, -0.05) is 65.3 Å². The molecular weight excluding hydrogens is 406 g/mol. The lowest BCUT2D eigenvalue weighted by molar-refractivity contribution is -0.146. The van der Waals surface area contributed by atoms with Gasteiger partial charge in [0.15, 0.2) is 0 Å². The van der Waals surface area contributed by atoms with Crippen LogP contribution in [-0.2, 0) is 20.9 Å². The van der Waals surface area contributed by atoms with Gasteiger partial charge in [-0.05, 0) is 35.6 Å². The van der Waals surface area contributed by atoms with E-state index >= 15 is 0 Å². The van der Waals surface area contributed by atoms with Crippen molar-refractivity contribution >= 4 is 27.8 Å². The number of esters is 1. The van der Waals surface area contributed by atoms with Crippen LogP contribution in [0.3, 0.4) is 0 Å². The van der Waals surface area contributed by atoms with E-state index in [9.17, 15) is 9.59 Å². The number of nitrogens with zero attached hydrogens (tertiary/aromatic N) is 1. The van der Waals surface area contributed by atoms with Gasteiger partial charge in [-0.15, -0.1) is 0 Å². The number of ether oxygens (including phenoxy) is 1. The van der Waals surface area contributed by atoms with Gasteiger partial charge in [0.05, 0.1) is 13.0 Å². The molecule has 0 aliphatic heterocycles. The summed E-state index contributed by atoms with van der Waals surface area (Å²) in [5.74, 6) is -0.305. The van der Waals surface area contributed by atoms with Crippen molar-refractivity contribution in [3.8, 4) is 0 Å². The van der Waals surface area contributed by atoms with Gasteiger partial charge >= 0.3 is 5.97 Å². The Kier molecular flexibility index (Phi) is 6.32. The number of methoxy groups -OCH3 is 1. The Morgan fingerprint density at radius 3 is 2.59 bits per heavy atom. The van der Waals surface area contributed by atoms with Crippen molar-refractivity contribution in [1.29, 1.82) is 0 Å². The van der Waals surface area contributed by atoms with Crippen LogP contribution >= 0.6 is 15.9 Å². The third kappa shape index (κ3) is 4.98. The molecular formula is C22H24BrNO3. The van der Waals surface area contributed by atoms with Crippen molar-refractivity contribution in [2.45, 2.75) is 25.8 Å². The van der Waals surface area contributed by atoms with E-state index in [-0.39, 0.29) is 29.6 Å². The van der Waals surface area contributed by atoms with Crippen LogP contribution in [0.5, 0.6) is 0 Å². The van der Waals surface area contributed by atoms with Crippen LogP contribution in [0, 0.1) is 11.8 Å². The number of halogens is 1. The van der Waals surface area contributed by atoms with Crippen LogP contribution in [0.2, 0.25) is 0 Å². The van der Waals surface area contributed by atoms with Gasteiger partial charge in [0.1, 0.15) is 0 Å². The minimum atomic E-state index is -0.356. The lowest BCUT2D eigenvalue weighted by Gasteiger charge is -2.25. The van der Waals surface area contributed by atoms with Gasteiger partial charge in [-0.25, -0.2) is 0 Å². The molecule has 1 amide bonds. The Morgan fingerprint density at radius 1 is 1.19 bits per heavy atom. The summed E-state index contributed by atoms with van der Waals surface area (Å²) in [6.45, 7) is 2.67. The first-order valence-electron chi connectivity index (χ1n) is 9.15. The summed E-state index contributed by atoms with van der Waals surface area (Å²) < 4.78 is 5.87. The first kappa shape index (κ1) is 19.6. The van der Waals surface area contributed by atoms with E-state index in [1.165, 1.54) is 12.7 Å². The van der Waals surface area contributed by atoms with Crippen LogP contribution < -0.4 is 0 Å². The van der Waals surface area contributed by atoms with Crippen LogP contribution in [0.1, 0.15) is 30.4 Å². The fraction of sp³-hybridized carbons (Fsp3) is 0.364. The summed E-state index contributed by atoms with van der Waals surface area (Å²) in [7, 11) is 1.38. The van der Waals surface area contributed by atoms with Gasteiger partial charge < -0.3 is 9.64 Å². The predicted octanol–water partition coefficient (Wildman–Crippen LogP) is 4.39. The zero-order chi connectivity index (χ0) is 19.4.